The largest absolute Gasteiger partial charge is 0.381 e. The van der Waals surface area contributed by atoms with Gasteiger partial charge in [0.15, 0.2) is 5.96 Å². The molecule has 3 N–H and O–H groups in total. The summed E-state index contributed by atoms with van der Waals surface area (Å²) in [5.41, 5.74) is 2.54. The van der Waals surface area contributed by atoms with Crippen molar-refractivity contribution in [2.24, 2.45) is 10.9 Å². The highest BCUT2D eigenvalue weighted by molar-refractivity contribution is 5.83. The van der Waals surface area contributed by atoms with Gasteiger partial charge in [0.05, 0.1) is 0 Å². The second-order valence-electron chi connectivity index (χ2n) is 6.67. The van der Waals surface area contributed by atoms with Crippen molar-refractivity contribution in [3.63, 3.8) is 0 Å². The lowest BCUT2D eigenvalue weighted by Crippen LogP contribution is -2.38. The van der Waals surface area contributed by atoms with Crippen LogP contribution in [0.15, 0.2) is 35.5 Å². The van der Waals surface area contributed by atoms with Crippen molar-refractivity contribution in [1.29, 1.82) is 0 Å². The average molecular weight is 342 g/mol. The predicted molar refractivity (Wildman–Crippen MR) is 104 cm³/mol. The molecule has 0 saturated heterocycles. The Labute approximate surface area is 150 Å². The molecule has 3 rings (SSSR count). The summed E-state index contributed by atoms with van der Waals surface area (Å²) < 4.78 is 5.66. The fourth-order valence-corrected chi connectivity index (χ4v) is 2.89. The zero-order valence-corrected chi connectivity index (χ0v) is 15.2. The lowest BCUT2D eigenvalue weighted by Gasteiger charge is -2.11. The molecule has 0 radical (unpaired) electrons. The fraction of sp³-hybridized carbons (Fsp3) is 0.550. The van der Waals surface area contributed by atoms with Gasteiger partial charge in [-0.15, -0.1) is 0 Å². The molecule has 0 amide bonds. The van der Waals surface area contributed by atoms with Crippen molar-refractivity contribution in [3.8, 4) is 0 Å². The Hall–Kier alpha value is -2.01. The topological polar surface area (TPSA) is 61.4 Å². The molecule has 1 heterocycles. The van der Waals surface area contributed by atoms with Crippen molar-refractivity contribution in [2.45, 2.75) is 32.6 Å². The molecule has 5 heteroatoms. The second-order valence-corrected chi connectivity index (χ2v) is 6.67. The van der Waals surface area contributed by atoms with Crippen molar-refractivity contribution < 1.29 is 4.74 Å². The number of para-hydroxylation sites is 1. The normalized spacial score (nSPS) is 14.8. The van der Waals surface area contributed by atoms with Crippen LogP contribution in [0.2, 0.25) is 0 Å². The Balaban J connectivity index is 1.39. The predicted octanol–water partition coefficient (Wildman–Crippen LogP) is 3.08. The van der Waals surface area contributed by atoms with Crippen LogP contribution in [0.25, 0.3) is 10.9 Å². The van der Waals surface area contributed by atoms with Crippen LogP contribution in [0.4, 0.5) is 0 Å². The highest BCUT2D eigenvalue weighted by Crippen LogP contribution is 2.28. The monoisotopic (exact) mass is 342 g/mol. The summed E-state index contributed by atoms with van der Waals surface area (Å²) in [6.07, 6.45) is 6.75. The molecule has 1 fully saturated rings. The number of H-pyrrole nitrogens is 1. The number of guanidine groups is 1. The van der Waals surface area contributed by atoms with Crippen LogP contribution in [0, 0.1) is 5.92 Å². The van der Waals surface area contributed by atoms with Gasteiger partial charge in [-0.25, -0.2) is 0 Å². The van der Waals surface area contributed by atoms with Crippen LogP contribution in [-0.2, 0) is 11.2 Å². The van der Waals surface area contributed by atoms with Gasteiger partial charge in [0.1, 0.15) is 0 Å². The van der Waals surface area contributed by atoms with Gasteiger partial charge in [-0.2, -0.15) is 0 Å². The summed E-state index contributed by atoms with van der Waals surface area (Å²) in [6, 6.07) is 8.43. The third-order valence-corrected chi connectivity index (χ3v) is 4.47. The first kappa shape index (κ1) is 17.8. The number of ether oxygens (including phenoxy) is 1. The first-order valence-corrected chi connectivity index (χ1v) is 9.51. The third kappa shape index (κ3) is 5.78. The maximum absolute atomic E-state index is 5.66. The summed E-state index contributed by atoms with van der Waals surface area (Å²) in [5, 5.41) is 8.04. The Kier molecular flexibility index (Phi) is 6.74. The van der Waals surface area contributed by atoms with E-state index in [-0.39, 0.29) is 0 Å². The molecule has 136 valence electrons. The SMILES string of the molecule is CCNC(=NCCCOCC1CC1)NCCc1c[nH]c2ccccc12. The van der Waals surface area contributed by atoms with Gasteiger partial charge in [-0.05, 0) is 50.2 Å². The fourth-order valence-electron chi connectivity index (χ4n) is 2.89. The van der Waals surface area contributed by atoms with E-state index in [1.54, 1.807) is 0 Å². The number of hydrogen-bond donors (Lipinski definition) is 3. The van der Waals surface area contributed by atoms with Gasteiger partial charge in [0, 0.05) is 49.9 Å². The molecule has 25 heavy (non-hydrogen) atoms. The molecule has 0 aliphatic heterocycles. The van der Waals surface area contributed by atoms with E-state index in [0.717, 1.165) is 57.6 Å². The van der Waals surface area contributed by atoms with Crippen molar-refractivity contribution in [3.05, 3.63) is 36.0 Å². The third-order valence-electron chi connectivity index (χ3n) is 4.47. The molecule has 1 aromatic heterocycles. The number of hydrogen-bond acceptors (Lipinski definition) is 2. The van der Waals surface area contributed by atoms with Gasteiger partial charge in [-0.1, -0.05) is 18.2 Å². The minimum absolute atomic E-state index is 0.799. The molecule has 0 unspecified atom stereocenters. The molecule has 1 saturated carbocycles. The van der Waals surface area contributed by atoms with Crippen LogP contribution in [0.1, 0.15) is 31.7 Å². The molecule has 0 atom stereocenters. The molecule has 1 aliphatic rings. The summed E-state index contributed by atoms with van der Waals surface area (Å²) >= 11 is 0. The molecule has 1 aromatic carbocycles. The van der Waals surface area contributed by atoms with Gasteiger partial charge in [0.25, 0.3) is 0 Å². The van der Waals surface area contributed by atoms with E-state index >= 15 is 0 Å². The highest BCUT2D eigenvalue weighted by atomic mass is 16.5. The summed E-state index contributed by atoms with van der Waals surface area (Å²) in [7, 11) is 0. The number of nitrogens with one attached hydrogen (secondary N) is 3. The lowest BCUT2D eigenvalue weighted by atomic mass is 10.1. The maximum atomic E-state index is 5.66. The minimum atomic E-state index is 0.799. The smallest absolute Gasteiger partial charge is 0.191 e. The molecule has 0 spiro atoms. The first-order chi connectivity index (χ1) is 12.4. The van der Waals surface area contributed by atoms with Crippen LogP contribution in [0.5, 0.6) is 0 Å². The number of fused-ring (bicyclic) bond motifs is 1. The summed E-state index contributed by atoms with van der Waals surface area (Å²) in [5.74, 6) is 1.73. The van der Waals surface area contributed by atoms with Crippen LogP contribution in [0.3, 0.4) is 0 Å². The lowest BCUT2D eigenvalue weighted by molar-refractivity contribution is 0.123. The standard InChI is InChI=1S/C20H30N4O/c1-2-21-20(22-11-5-13-25-15-16-8-9-16)23-12-10-17-14-24-19-7-4-3-6-18(17)19/h3-4,6-7,14,16,24H,2,5,8-13,15H2,1H3,(H2,21,22,23). The second kappa shape index (κ2) is 9.47. The highest BCUT2D eigenvalue weighted by Gasteiger charge is 2.20. The Morgan fingerprint density at radius 1 is 1.28 bits per heavy atom. The van der Waals surface area contributed by atoms with Crippen LogP contribution >= 0.6 is 0 Å². The molecule has 0 bridgehead atoms. The Bertz CT molecular complexity index is 675. The minimum Gasteiger partial charge on any atom is -0.381 e. The summed E-state index contributed by atoms with van der Waals surface area (Å²) in [4.78, 5) is 7.96. The Morgan fingerprint density at radius 2 is 2.16 bits per heavy atom. The van der Waals surface area contributed by atoms with Crippen molar-refractivity contribution >= 4 is 16.9 Å². The quantitative estimate of drug-likeness (QED) is 0.353. The first-order valence-electron chi connectivity index (χ1n) is 9.51. The number of aromatic amines is 1. The van der Waals surface area contributed by atoms with E-state index < -0.39 is 0 Å². The number of benzene rings is 1. The van der Waals surface area contributed by atoms with E-state index in [1.807, 2.05) is 0 Å². The zero-order valence-electron chi connectivity index (χ0n) is 15.2. The summed E-state index contributed by atoms with van der Waals surface area (Å²) in [6.45, 7) is 6.38. The Morgan fingerprint density at radius 3 is 3.00 bits per heavy atom. The maximum Gasteiger partial charge on any atom is 0.191 e. The van der Waals surface area contributed by atoms with E-state index in [9.17, 15) is 0 Å². The number of nitrogens with zero attached hydrogens (tertiary/aromatic N) is 1. The van der Waals surface area contributed by atoms with Gasteiger partial charge in [0.2, 0.25) is 0 Å². The zero-order chi connectivity index (χ0) is 17.3. The van der Waals surface area contributed by atoms with E-state index in [2.05, 4.69) is 58.0 Å². The number of aliphatic imine (C=N–C) groups is 1. The molecule has 5 nitrogen and oxygen atoms in total. The average Bonchev–Trinajstić information content (AvgIpc) is 3.37. The van der Waals surface area contributed by atoms with Crippen molar-refractivity contribution in [2.75, 3.05) is 32.8 Å². The number of rotatable bonds is 10. The molecular formula is C20H30N4O. The van der Waals surface area contributed by atoms with Gasteiger partial charge >= 0.3 is 0 Å². The van der Waals surface area contributed by atoms with Crippen LogP contribution < -0.4 is 10.6 Å². The van der Waals surface area contributed by atoms with Crippen LogP contribution in [-0.4, -0.2) is 43.8 Å². The number of aromatic nitrogens is 1. The van der Waals surface area contributed by atoms with Gasteiger partial charge in [-0.3, -0.25) is 4.99 Å². The van der Waals surface area contributed by atoms with E-state index in [0.29, 0.717) is 0 Å². The van der Waals surface area contributed by atoms with E-state index in [1.165, 1.54) is 29.3 Å². The van der Waals surface area contributed by atoms with E-state index in [4.69, 9.17) is 4.74 Å². The molecule has 2 aromatic rings. The molecule has 1 aliphatic carbocycles. The van der Waals surface area contributed by atoms with Gasteiger partial charge < -0.3 is 20.4 Å². The van der Waals surface area contributed by atoms with Crippen molar-refractivity contribution in [1.82, 2.24) is 15.6 Å². The molecular weight excluding hydrogens is 312 g/mol.